The molecule has 0 spiro atoms. The van der Waals surface area contributed by atoms with Crippen LogP contribution in [0.1, 0.15) is 41.8 Å². The Labute approximate surface area is 103 Å². The summed E-state index contributed by atoms with van der Waals surface area (Å²) in [5, 5.41) is 0. The van der Waals surface area contributed by atoms with Crippen LogP contribution < -0.4 is 5.73 Å². The first-order valence-electron chi connectivity index (χ1n) is 5.95. The summed E-state index contributed by atoms with van der Waals surface area (Å²) in [4.78, 5) is 11.8. The Balaban J connectivity index is 2.75. The summed E-state index contributed by atoms with van der Waals surface area (Å²) >= 11 is 0. The molecule has 1 aromatic rings. The van der Waals surface area contributed by atoms with Crippen molar-refractivity contribution in [2.45, 2.75) is 34.1 Å². The number of rotatable bonds is 4. The van der Waals surface area contributed by atoms with Gasteiger partial charge in [0.2, 0.25) is 0 Å². The fourth-order valence-corrected chi connectivity index (χ4v) is 1.61. The largest absolute Gasteiger partial charge is 0.462 e. The first kappa shape index (κ1) is 13.6. The van der Waals surface area contributed by atoms with Gasteiger partial charge < -0.3 is 10.5 Å². The minimum absolute atomic E-state index is 0.324. The molecule has 17 heavy (non-hydrogen) atoms. The number of nitrogen functional groups attached to an aromatic ring is 1. The van der Waals surface area contributed by atoms with Gasteiger partial charge in [-0.3, -0.25) is 0 Å². The van der Waals surface area contributed by atoms with Crippen LogP contribution in [0.5, 0.6) is 0 Å². The quantitative estimate of drug-likeness (QED) is 0.644. The number of carbonyl (C=O) groups is 1. The second-order valence-corrected chi connectivity index (χ2v) is 4.86. The number of carbonyl (C=O) groups excluding carboxylic acids is 1. The summed E-state index contributed by atoms with van der Waals surface area (Å²) < 4.78 is 5.21. The Morgan fingerprint density at radius 1 is 1.35 bits per heavy atom. The van der Waals surface area contributed by atoms with Crippen LogP contribution in [0, 0.1) is 19.8 Å². The molecule has 0 aliphatic rings. The molecule has 0 amide bonds. The maximum atomic E-state index is 11.8. The number of hydrogen-bond acceptors (Lipinski definition) is 3. The zero-order chi connectivity index (χ0) is 13.0. The third-order valence-electron chi connectivity index (χ3n) is 2.68. The first-order chi connectivity index (χ1) is 7.91. The van der Waals surface area contributed by atoms with E-state index in [1.54, 1.807) is 6.07 Å². The summed E-state index contributed by atoms with van der Waals surface area (Å²) in [6, 6.07) is 3.74. The van der Waals surface area contributed by atoms with Crippen molar-refractivity contribution in [2.75, 3.05) is 12.3 Å². The van der Waals surface area contributed by atoms with Gasteiger partial charge in [-0.1, -0.05) is 19.9 Å². The predicted octanol–water partition coefficient (Wildman–Crippen LogP) is 3.09. The van der Waals surface area contributed by atoms with Gasteiger partial charge in [0.05, 0.1) is 12.2 Å². The fourth-order valence-electron chi connectivity index (χ4n) is 1.61. The van der Waals surface area contributed by atoms with Crippen molar-refractivity contribution in [3.8, 4) is 0 Å². The minimum Gasteiger partial charge on any atom is -0.462 e. The van der Waals surface area contributed by atoms with Gasteiger partial charge in [0, 0.05) is 5.69 Å². The van der Waals surface area contributed by atoms with E-state index in [4.69, 9.17) is 10.5 Å². The SMILES string of the molecule is Cc1cc(C)c(N)c(C(=O)OCCC(C)C)c1. The van der Waals surface area contributed by atoms with Gasteiger partial charge >= 0.3 is 5.97 Å². The smallest absolute Gasteiger partial charge is 0.340 e. The van der Waals surface area contributed by atoms with Crippen molar-refractivity contribution < 1.29 is 9.53 Å². The molecule has 0 saturated heterocycles. The molecule has 0 radical (unpaired) electrons. The number of ether oxygens (including phenoxy) is 1. The van der Waals surface area contributed by atoms with Crippen LogP contribution in [0.15, 0.2) is 12.1 Å². The minimum atomic E-state index is -0.324. The summed E-state index contributed by atoms with van der Waals surface area (Å²) in [5.74, 6) is 0.203. The molecule has 2 N–H and O–H groups in total. The fraction of sp³-hybridized carbons (Fsp3) is 0.500. The number of hydrogen-bond donors (Lipinski definition) is 1. The topological polar surface area (TPSA) is 52.3 Å². The molecule has 0 heterocycles. The van der Waals surface area contributed by atoms with Gasteiger partial charge in [-0.05, 0) is 43.4 Å². The van der Waals surface area contributed by atoms with Crippen molar-refractivity contribution in [2.24, 2.45) is 5.92 Å². The normalized spacial score (nSPS) is 10.6. The van der Waals surface area contributed by atoms with Gasteiger partial charge in [-0.2, -0.15) is 0 Å². The summed E-state index contributed by atoms with van der Waals surface area (Å²) in [6.45, 7) is 8.48. The molecule has 3 nitrogen and oxygen atoms in total. The maximum absolute atomic E-state index is 11.8. The molecule has 0 aliphatic carbocycles. The molecular weight excluding hydrogens is 214 g/mol. The third kappa shape index (κ3) is 3.77. The lowest BCUT2D eigenvalue weighted by atomic mass is 10.0. The molecule has 0 unspecified atom stereocenters. The van der Waals surface area contributed by atoms with Crippen LogP contribution in [-0.4, -0.2) is 12.6 Å². The predicted molar refractivity (Wildman–Crippen MR) is 70.1 cm³/mol. The lowest BCUT2D eigenvalue weighted by Gasteiger charge is -2.11. The maximum Gasteiger partial charge on any atom is 0.340 e. The Morgan fingerprint density at radius 3 is 2.59 bits per heavy atom. The summed E-state index contributed by atoms with van der Waals surface area (Å²) in [5.41, 5.74) is 8.82. The van der Waals surface area contributed by atoms with E-state index in [0.29, 0.717) is 23.8 Å². The van der Waals surface area contributed by atoms with Crippen LogP contribution in [0.2, 0.25) is 0 Å². The van der Waals surface area contributed by atoms with Crippen LogP contribution >= 0.6 is 0 Å². The number of anilines is 1. The van der Waals surface area contributed by atoms with Crippen LogP contribution in [0.4, 0.5) is 5.69 Å². The molecule has 3 heteroatoms. The number of nitrogens with two attached hydrogens (primary N) is 1. The van der Waals surface area contributed by atoms with Gasteiger partial charge in [-0.15, -0.1) is 0 Å². The standard InChI is InChI=1S/C14H21NO2/c1-9(2)5-6-17-14(16)12-8-10(3)7-11(4)13(12)15/h7-9H,5-6,15H2,1-4H3. The number of aryl methyl sites for hydroxylation is 2. The highest BCUT2D eigenvalue weighted by Crippen LogP contribution is 2.20. The lowest BCUT2D eigenvalue weighted by molar-refractivity contribution is 0.0489. The molecule has 94 valence electrons. The Hall–Kier alpha value is -1.51. The van der Waals surface area contributed by atoms with Crippen molar-refractivity contribution in [1.82, 2.24) is 0 Å². The molecule has 0 bridgehead atoms. The molecule has 0 aromatic heterocycles. The number of benzene rings is 1. The van der Waals surface area contributed by atoms with Gasteiger partial charge in [0.15, 0.2) is 0 Å². The average molecular weight is 235 g/mol. The van der Waals surface area contributed by atoms with Crippen molar-refractivity contribution in [3.05, 3.63) is 28.8 Å². The monoisotopic (exact) mass is 235 g/mol. The molecule has 0 fully saturated rings. The van der Waals surface area contributed by atoms with E-state index in [-0.39, 0.29) is 5.97 Å². The van der Waals surface area contributed by atoms with E-state index in [2.05, 4.69) is 13.8 Å². The van der Waals surface area contributed by atoms with E-state index in [1.165, 1.54) is 0 Å². The molecule has 1 aromatic carbocycles. The summed E-state index contributed by atoms with van der Waals surface area (Å²) in [6.07, 6.45) is 0.871. The van der Waals surface area contributed by atoms with Crippen LogP contribution in [-0.2, 0) is 4.74 Å². The third-order valence-corrected chi connectivity index (χ3v) is 2.68. The second kappa shape index (κ2) is 5.71. The highest BCUT2D eigenvalue weighted by Gasteiger charge is 2.13. The van der Waals surface area contributed by atoms with Crippen molar-refractivity contribution in [1.29, 1.82) is 0 Å². The summed E-state index contributed by atoms with van der Waals surface area (Å²) in [7, 11) is 0. The van der Waals surface area contributed by atoms with Gasteiger partial charge in [0.1, 0.15) is 0 Å². The van der Waals surface area contributed by atoms with E-state index in [0.717, 1.165) is 17.5 Å². The zero-order valence-electron chi connectivity index (χ0n) is 11.0. The highest BCUT2D eigenvalue weighted by molar-refractivity contribution is 5.96. The van der Waals surface area contributed by atoms with E-state index in [9.17, 15) is 4.79 Å². The Bertz CT molecular complexity index is 411. The second-order valence-electron chi connectivity index (χ2n) is 4.86. The lowest BCUT2D eigenvalue weighted by Crippen LogP contribution is -2.11. The van der Waals surface area contributed by atoms with Crippen molar-refractivity contribution in [3.63, 3.8) is 0 Å². The molecular formula is C14H21NO2. The van der Waals surface area contributed by atoms with Gasteiger partial charge in [0.25, 0.3) is 0 Å². The van der Waals surface area contributed by atoms with E-state index >= 15 is 0 Å². The highest BCUT2D eigenvalue weighted by atomic mass is 16.5. The zero-order valence-corrected chi connectivity index (χ0v) is 11.0. The molecule has 0 saturated carbocycles. The van der Waals surface area contributed by atoms with Gasteiger partial charge in [-0.25, -0.2) is 4.79 Å². The number of esters is 1. The molecule has 0 aliphatic heterocycles. The van der Waals surface area contributed by atoms with E-state index in [1.807, 2.05) is 19.9 Å². The Kier molecular flexibility index (Phi) is 4.55. The van der Waals surface area contributed by atoms with E-state index < -0.39 is 0 Å². The first-order valence-corrected chi connectivity index (χ1v) is 5.95. The van der Waals surface area contributed by atoms with Crippen molar-refractivity contribution >= 4 is 11.7 Å². The molecule has 1 rings (SSSR count). The van der Waals surface area contributed by atoms with Crippen LogP contribution in [0.25, 0.3) is 0 Å². The molecule has 0 atom stereocenters. The average Bonchev–Trinajstić information content (AvgIpc) is 2.22. The van der Waals surface area contributed by atoms with Crippen LogP contribution in [0.3, 0.4) is 0 Å². The Morgan fingerprint density at radius 2 is 2.00 bits per heavy atom.